The fraction of sp³-hybridized carbons (Fsp3) is 0.757. The van der Waals surface area contributed by atoms with Gasteiger partial charge in [-0.25, -0.2) is 17.5 Å². The summed E-state index contributed by atoms with van der Waals surface area (Å²) in [6.45, 7) is 17.1. The average Bonchev–Trinajstić information content (AvgIpc) is 3.53. The Bertz CT molecular complexity index is 1410. The molecule has 1 aliphatic heterocycles. The number of carbonyl (C=O) groups excluding carboxylic acids is 5. The Balaban J connectivity index is 2.46. The van der Waals surface area contributed by atoms with E-state index in [9.17, 15) is 32.4 Å². The predicted molar refractivity (Wildman–Crippen MR) is 199 cm³/mol. The Kier molecular flexibility index (Phi) is 16.2. The first-order valence-corrected chi connectivity index (χ1v) is 19.8. The van der Waals surface area contributed by atoms with E-state index in [-0.39, 0.29) is 50.1 Å². The van der Waals surface area contributed by atoms with Crippen LogP contribution >= 0.6 is 0 Å². The summed E-state index contributed by atoms with van der Waals surface area (Å²) in [5, 5.41) is 11.1. The van der Waals surface area contributed by atoms with Gasteiger partial charge in [-0.3, -0.25) is 19.2 Å². The highest BCUT2D eigenvalue weighted by Gasteiger charge is 2.50. The SMILES string of the molecule is C#CCCC(NC(=O)[C@@H]1[C@@H](C(C)C)CCN1C(=O)[C@@H](NC(=O)N[C@H](CN(C)S(=O)(=O)CC)C(C)(C)C)C1(C)CCCCC1)C(=O)C(=O)NCC=C. The van der Waals surface area contributed by atoms with Gasteiger partial charge in [-0.2, -0.15) is 0 Å². The molecule has 0 radical (unpaired) electrons. The maximum atomic E-state index is 14.8. The van der Waals surface area contributed by atoms with Crippen molar-refractivity contribution < 1.29 is 32.4 Å². The number of hydrogen-bond donors (Lipinski definition) is 4. The van der Waals surface area contributed by atoms with E-state index < -0.39 is 74.6 Å². The van der Waals surface area contributed by atoms with Gasteiger partial charge in [0, 0.05) is 39.1 Å². The zero-order valence-electron chi connectivity index (χ0n) is 32.0. The Morgan fingerprint density at radius 1 is 1.08 bits per heavy atom. The summed E-state index contributed by atoms with van der Waals surface area (Å²) in [7, 11) is -2.03. The number of carbonyl (C=O) groups is 5. The molecular formula is C37H62N6O7S. The van der Waals surface area contributed by atoms with Crippen LogP contribution in [-0.2, 0) is 29.2 Å². The highest BCUT2D eigenvalue weighted by atomic mass is 32.2. The van der Waals surface area contributed by atoms with E-state index in [0.717, 1.165) is 19.3 Å². The number of Topliss-reactive ketones (excluding diaryl/α,β-unsaturated/α-hetero) is 1. The molecule has 2 aliphatic rings. The number of likely N-dealkylation sites (N-methyl/N-ethyl adjacent to an activating group) is 1. The lowest BCUT2D eigenvalue weighted by atomic mass is 9.70. The molecule has 4 N–H and O–H groups in total. The minimum absolute atomic E-state index is 0.00166. The fourth-order valence-corrected chi connectivity index (χ4v) is 7.88. The van der Waals surface area contributed by atoms with Crippen LogP contribution in [0.1, 0.15) is 99.8 Å². The first-order valence-electron chi connectivity index (χ1n) is 18.2. The number of urea groups is 1. The second-order valence-corrected chi connectivity index (χ2v) is 18.1. The highest BCUT2D eigenvalue weighted by molar-refractivity contribution is 7.89. The average molecular weight is 735 g/mol. The molecule has 0 aromatic carbocycles. The number of terminal acetylenes is 1. The Morgan fingerprint density at radius 2 is 1.71 bits per heavy atom. The second-order valence-electron chi connectivity index (χ2n) is 15.7. The minimum atomic E-state index is -3.51. The number of sulfonamides is 1. The number of nitrogens with zero attached hydrogens (tertiary/aromatic N) is 2. The monoisotopic (exact) mass is 734 g/mol. The summed E-state index contributed by atoms with van der Waals surface area (Å²) < 4.78 is 26.4. The van der Waals surface area contributed by atoms with E-state index >= 15 is 0 Å². The van der Waals surface area contributed by atoms with Gasteiger partial charge in [0.1, 0.15) is 12.1 Å². The lowest BCUT2D eigenvalue weighted by Crippen LogP contribution is -2.63. The topological polar surface area (TPSA) is 174 Å². The van der Waals surface area contributed by atoms with Crippen LogP contribution in [0.25, 0.3) is 0 Å². The molecular weight excluding hydrogens is 673 g/mol. The van der Waals surface area contributed by atoms with Crippen LogP contribution in [0.4, 0.5) is 4.79 Å². The number of hydrogen-bond acceptors (Lipinski definition) is 7. The number of nitrogens with one attached hydrogen (secondary N) is 4. The van der Waals surface area contributed by atoms with Crippen LogP contribution in [0.15, 0.2) is 12.7 Å². The second kappa shape index (κ2) is 18.9. The Morgan fingerprint density at radius 3 is 2.24 bits per heavy atom. The van der Waals surface area contributed by atoms with Gasteiger partial charge in [0.15, 0.2) is 0 Å². The Hall–Kier alpha value is -3.44. The van der Waals surface area contributed by atoms with E-state index in [1.165, 1.54) is 22.3 Å². The van der Waals surface area contributed by atoms with Crippen LogP contribution < -0.4 is 21.3 Å². The highest BCUT2D eigenvalue weighted by Crippen LogP contribution is 2.41. The molecule has 0 spiro atoms. The molecule has 13 nitrogen and oxygen atoms in total. The number of ketones is 1. The van der Waals surface area contributed by atoms with E-state index in [2.05, 4.69) is 33.8 Å². The maximum absolute atomic E-state index is 14.8. The predicted octanol–water partition coefficient (Wildman–Crippen LogP) is 2.96. The van der Waals surface area contributed by atoms with Gasteiger partial charge < -0.3 is 26.2 Å². The third-order valence-electron chi connectivity index (χ3n) is 10.5. The molecule has 2 fully saturated rings. The minimum Gasteiger partial charge on any atom is -0.346 e. The summed E-state index contributed by atoms with van der Waals surface area (Å²) in [4.78, 5) is 69.9. The normalized spacial score (nSPS) is 20.8. The van der Waals surface area contributed by atoms with Crippen molar-refractivity contribution in [2.24, 2.45) is 22.7 Å². The molecule has 1 unspecified atom stereocenters. The van der Waals surface area contributed by atoms with E-state index in [1.807, 2.05) is 41.5 Å². The van der Waals surface area contributed by atoms with Gasteiger partial charge in [-0.1, -0.05) is 66.9 Å². The van der Waals surface area contributed by atoms with Crippen molar-refractivity contribution in [1.82, 2.24) is 30.5 Å². The largest absolute Gasteiger partial charge is 0.346 e. The van der Waals surface area contributed by atoms with Crippen molar-refractivity contribution in [2.75, 3.05) is 32.4 Å². The summed E-state index contributed by atoms with van der Waals surface area (Å²) in [5.74, 6) is -0.540. The third-order valence-corrected chi connectivity index (χ3v) is 12.4. The van der Waals surface area contributed by atoms with E-state index in [4.69, 9.17) is 6.42 Å². The zero-order valence-corrected chi connectivity index (χ0v) is 32.8. The first-order chi connectivity index (χ1) is 23.7. The van der Waals surface area contributed by atoms with Crippen LogP contribution in [0.3, 0.4) is 0 Å². The van der Waals surface area contributed by atoms with Crippen LogP contribution in [0, 0.1) is 35.0 Å². The van der Waals surface area contributed by atoms with E-state index in [0.29, 0.717) is 19.3 Å². The molecule has 5 amide bonds. The molecule has 14 heteroatoms. The zero-order chi connectivity index (χ0) is 38.7. The van der Waals surface area contributed by atoms with Crippen molar-refractivity contribution in [1.29, 1.82) is 0 Å². The van der Waals surface area contributed by atoms with Gasteiger partial charge in [-0.15, -0.1) is 18.9 Å². The van der Waals surface area contributed by atoms with Gasteiger partial charge in [0.05, 0.1) is 11.8 Å². The number of amides is 5. The molecule has 1 heterocycles. The van der Waals surface area contributed by atoms with Crippen LogP contribution in [0.2, 0.25) is 0 Å². The van der Waals surface area contributed by atoms with Crippen molar-refractivity contribution in [3.63, 3.8) is 0 Å². The molecule has 288 valence electrons. The molecule has 2 rings (SSSR count). The van der Waals surface area contributed by atoms with Gasteiger partial charge in [-0.05, 0) is 55.3 Å². The Labute approximate surface area is 305 Å². The lowest BCUT2D eigenvalue weighted by Gasteiger charge is -2.43. The molecule has 1 saturated heterocycles. The van der Waals surface area contributed by atoms with Crippen molar-refractivity contribution in [3.05, 3.63) is 12.7 Å². The summed E-state index contributed by atoms with van der Waals surface area (Å²) in [6, 6.07) is -4.32. The summed E-state index contributed by atoms with van der Waals surface area (Å²) >= 11 is 0. The molecule has 0 bridgehead atoms. The van der Waals surface area contributed by atoms with Gasteiger partial charge >= 0.3 is 6.03 Å². The number of likely N-dealkylation sites (tertiary alicyclic amines) is 1. The number of rotatable bonds is 17. The van der Waals surface area contributed by atoms with Crippen LogP contribution in [-0.4, -0.2) is 104 Å². The summed E-state index contributed by atoms with van der Waals surface area (Å²) in [6.07, 6.45) is 11.7. The first kappa shape index (κ1) is 43.7. The van der Waals surface area contributed by atoms with Crippen molar-refractivity contribution in [2.45, 2.75) is 124 Å². The fourth-order valence-electron chi connectivity index (χ4n) is 7.07. The quantitative estimate of drug-likeness (QED) is 0.101. The van der Waals surface area contributed by atoms with Crippen molar-refractivity contribution >= 4 is 39.6 Å². The standard InChI is InChI=1S/C37H62N6O7S/c1-11-14-18-27(30(44)33(46)38-22-12-2)39-32(45)29-26(25(4)5)19-23-43(29)34(47)31(37(9)20-16-15-17-21-37)41-35(48)40-28(36(6,7)8)24-42(10)51(49,50)13-3/h1,12,25-29,31H,2,13-24H2,3-10H3,(H,38,46)(H,39,45)(H2,40,41,48)/t26-,27?,28-,29+,31-/m1/s1. The third kappa shape index (κ3) is 11.8. The molecule has 5 atom stereocenters. The molecule has 51 heavy (non-hydrogen) atoms. The molecule has 0 aromatic rings. The summed E-state index contributed by atoms with van der Waals surface area (Å²) in [5.41, 5.74) is -1.14. The molecule has 1 aliphatic carbocycles. The smallest absolute Gasteiger partial charge is 0.315 e. The van der Waals surface area contributed by atoms with Gasteiger partial charge in [0.2, 0.25) is 27.6 Å². The van der Waals surface area contributed by atoms with Crippen molar-refractivity contribution in [3.8, 4) is 12.3 Å². The van der Waals surface area contributed by atoms with Gasteiger partial charge in [0.25, 0.3) is 5.91 Å². The van der Waals surface area contributed by atoms with Crippen LogP contribution in [0.5, 0.6) is 0 Å². The lowest BCUT2D eigenvalue weighted by molar-refractivity contribution is -0.145. The molecule has 0 aromatic heterocycles. The van der Waals surface area contributed by atoms with E-state index in [1.54, 1.807) is 6.92 Å². The maximum Gasteiger partial charge on any atom is 0.315 e. The molecule has 1 saturated carbocycles.